The van der Waals surface area contributed by atoms with Crippen LogP contribution in [0.15, 0.2) is 43.7 Å². The van der Waals surface area contributed by atoms with Crippen LogP contribution in [0, 0.1) is 0 Å². The van der Waals surface area contributed by atoms with Gasteiger partial charge in [0, 0.05) is 10.2 Å². The molecule has 2 aromatic carbocycles. The normalized spacial score (nSPS) is 10.1. The lowest BCUT2D eigenvalue weighted by Crippen LogP contribution is -2.34. The second-order valence-corrected chi connectivity index (χ2v) is 7.76. The molecule has 0 atom stereocenters. The van der Waals surface area contributed by atoms with Crippen LogP contribution in [0.1, 0.15) is 10.4 Å². The Balaban J connectivity index is 2.13. The summed E-state index contributed by atoms with van der Waals surface area (Å²) in [7, 11) is 3.08. The highest BCUT2D eigenvalue weighted by atomic mass is 79.9. The highest BCUT2D eigenvalue weighted by Crippen LogP contribution is 2.32. The summed E-state index contributed by atoms with van der Waals surface area (Å²) in [6, 6.07) is 8.82. The Bertz CT molecular complexity index is 831. The van der Waals surface area contributed by atoms with Crippen LogP contribution in [-0.2, 0) is 0 Å². The van der Waals surface area contributed by atoms with E-state index in [1.807, 2.05) is 0 Å². The van der Waals surface area contributed by atoms with Crippen molar-refractivity contribution in [2.24, 2.45) is 0 Å². The summed E-state index contributed by atoms with van der Waals surface area (Å²) >= 11 is 15.3. The molecule has 9 heteroatoms. The van der Waals surface area contributed by atoms with Crippen LogP contribution in [0.25, 0.3) is 0 Å². The van der Waals surface area contributed by atoms with Gasteiger partial charge in [0.15, 0.2) is 5.11 Å². The summed E-state index contributed by atoms with van der Waals surface area (Å²) in [6.07, 6.45) is 0. The molecule has 0 bridgehead atoms. The second-order valence-electron chi connectivity index (χ2n) is 4.73. The maximum Gasteiger partial charge on any atom is 0.261 e. The molecule has 0 aromatic heterocycles. The van der Waals surface area contributed by atoms with Crippen molar-refractivity contribution in [1.82, 2.24) is 5.32 Å². The average Bonchev–Trinajstić information content (AvgIpc) is 2.54. The first-order valence-electron chi connectivity index (χ1n) is 6.84. The zero-order chi connectivity index (χ0) is 18.6. The Morgan fingerprint density at radius 2 is 1.76 bits per heavy atom. The molecule has 5 nitrogen and oxygen atoms in total. The van der Waals surface area contributed by atoms with Gasteiger partial charge in [-0.1, -0.05) is 15.9 Å². The van der Waals surface area contributed by atoms with Gasteiger partial charge in [-0.25, -0.2) is 0 Å². The van der Waals surface area contributed by atoms with E-state index in [2.05, 4.69) is 58.4 Å². The summed E-state index contributed by atoms with van der Waals surface area (Å²) in [4.78, 5) is 12.5. The van der Waals surface area contributed by atoms with Crippen molar-refractivity contribution >= 4 is 76.7 Å². The van der Waals surface area contributed by atoms with E-state index in [1.54, 1.807) is 37.4 Å². The summed E-state index contributed by atoms with van der Waals surface area (Å²) in [6.45, 7) is 0. The standard InChI is InChI=1S/C16H13Br3N2O3S/c1-23-13-4-3-9(7-11(13)18)20-16(25)21-15(22)10-5-8(17)6-12(19)14(10)24-2/h3-7H,1-2H3,(H2,20,21,22,25). The van der Waals surface area contributed by atoms with Crippen molar-refractivity contribution in [1.29, 1.82) is 0 Å². The molecule has 1 amide bonds. The van der Waals surface area contributed by atoms with Crippen LogP contribution in [0.5, 0.6) is 11.5 Å². The molecule has 0 aliphatic heterocycles. The fourth-order valence-electron chi connectivity index (χ4n) is 2.01. The molecule has 0 saturated carbocycles. The number of ether oxygens (including phenoxy) is 2. The molecule has 0 heterocycles. The van der Waals surface area contributed by atoms with Gasteiger partial charge in [-0.2, -0.15) is 0 Å². The number of carbonyl (C=O) groups excluding carboxylic acids is 1. The minimum Gasteiger partial charge on any atom is -0.496 e. The Labute approximate surface area is 175 Å². The lowest BCUT2D eigenvalue weighted by atomic mass is 10.2. The maximum absolute atomic E-state index is 12.5. The van der Waals surface area contributed by atoms with Gasteiger partial charge in [0.1, 0.15) is 11.5 Å². The van der Waals surface area contributed by atoms with Gasteiger partial charge in [-0.3, -0.25) is 10.1 Å². The molecule has 2 rings (SSSR count). The molecule has 0 unspecified atom stereocenters. The molecule has 132 valence electrons. The first kappa shape index (κ1) is 20.2. The van der Waals surface area contributed by atoms with Crippen LogP contribution >= 0.6 is 60.0 Å². The van der Waals surface area contributed by atoms with Crippen LogP contribution < -0.4 is 20.1 Å². The first-order chi connectivity index (χ1) is 11.8. The molecule has 0 radical (unpaired) electrons. The second kappa shape index (κ2) is 8.98. The zero-order valence-corrected chi connectivity index (χ0v) is 18.7. The lowest BCUT2D eigenvalue weighted by Gasteiger charge is -2.14. The predicted molar refractivity (Wildman–Crippen MR) is 113 cm³/mol. The molecule has 0 aliphatic rings. The number of hydrogen-bond donors (Lipinski definition) is 2. The number of nitrogens with one attached hydrogen (secondary N) is 2. The average molecular weight is 553 g/mol. The first-order valence-corrected chi connectivity index (χ1v) is 9.63. The number of benzene rings is 2. The molecule has 0 saturated heterocycles. The van der Waals surface area contributed by atoms with Crippen molar-refractivity contribution < 1.29 is 14.3 Å². The van der Waals surface area contributed by atoms with Crippen molar-refractivity contribution in [3.63, 3.8) is 0 Å². The van der Waals surface area contributed by atoms with Gasteiger partial charge in [0.05, 0.1) is 28.7 Å². The number of rotatable bonds is 4. The minimum absolute atomic E-state index is 0.167. The minimum atomic E-state index is -0.385. The van der Waals surface area contributed by atoms with Gasteiger partial charge < -0.3 is 14.8 Å². The summed E-state index contributed by atoms with van der Waals surface area (Å²) in [5.41, 5.74) is 1.06. The van der Waals surface area contributed by atoms with Crippen LogP contribution in [0.3, 0.4) is 0 Å². The molecule has 0 spiro atoms. The largest absolute Gasteiger partial charge is 0.496 e. The summed E-state index contributed by atoms with van der Waals surface area (Å²) in [5.74, 6) is 0.740. The molecule has 25 heavy (non-hydrogen) atoms. The van der Waals surface area contributed by atoms with E-state index in [9.17, 15) is 4.79 Å². The van der Waals surface area contributed by atoms with E-state index < -0.39 is 0 Å². The number of amides is 1. The number of methoxy groups -OCH3 is 2. The van der Waals surface area contributed by atoms with Crippen molar-refractivity contribution in [3.05, 3.63) is 49.3 Å². The smallest absolute Gasteiger partial charge is 0.261 e. The van der Waals surface area contributed by atoms with E-state index in [1.165, 1.54) is 7.11 Å². The Hall–Kier alpha value is -1.16. The Kier molecular flexibility index (Phi) is 7.24. The van der Waals surface area contributed by atoms with Gasteiger partial charge in [0.25, 0.3) is 5.91 Å². The number of carbonyl (C=O) groups is 1. The third-order valence-electron chi connectivity index (χ3n) is 3.09. The number of halogens is 3. The number of thiocarbonyl (C=S) groups is 1. The van der Waals surface area contributed by atoms with Crippen LogP contribution in [-0.4, -0.2) is 25.2 Å². The SMILES string of the molecule is COc1ccc(NC(=S)NC(=O)c2cc(Br)cc(Br)c2OC)cc1Br. The van der Waals surface area contributed by atoms with Gasteiger partial charge in [-0.05, 0) is 74.4 Å². The quantitative estimate of drug-likeness (QED) is 0.516. The summed E-state index contributed by atoms with van der Waals surface area (Å²) in [5, 5.41) is 5.75. The monoisotopic (exact) mass is 550 g/mol. The zero-order valence-electron chi connectivity index (χ0n) is 13.2. The van der Waals surface area contributed by atoms with Gasteiger partial charge >= 0.3 is 0 Å². The van der Waals surface area contributed by atoms with Crippen molar-refractivity contribution in [3.8, 4) is 11.5 Å². The molecule has 2 aromatic rings. The summed E-state index contributed by atoms with van der Waals surface area (Å²) < 4.78 is 12.6. The van der Waals surface area contributed by atoms with Crippen molar-refractivity contribution in [2.45, 2.75) is 0 Å². The lowest BCUT2D eigenvalue weighted by molar-refractivity contribution is 0.0974. The fraction of sp³-hybridized carbons (Fsp3) is 0.125. The van der Waals surface area contributed by atoms with E-state index >= 15 is 0 Å². The Morgan fingerprint density at radius 1 is 1.04 bits per heavy atom. The Morgan fingerprint density at radius 3 is 2.36 bits per heavy atom. The topological polar surface area (TPSA) is 59.6 Å². The number of hydrogen-bond acceptors (Lipinski definition) is 4. The van der Waals surface area contributed by atoms with E-state index in [4.69, 9.17) is 21.7 Å². The highest BCUT2D eigenvalue weighted by Gasteiger charge is 2.17. The molecule has 0 fully saturated rings. The predicted octanol–water partition coefficient (Wildman–Crippen LogP) is 5.12. The third-order valence-corrected chi connectivity index (χ3v) is 4.96. The third kappa shape index (κ3) is 5.16. The highest BCUT2D eigenvalue weighted by molar-refractivity contribution is 9.11. The maximum atomic E-state index is 12.5. The molecular weight excluding hydrogens is 540 g/mol. The number of anilines is 1. The van der Waals surface area contributed by atoms with Crippen LogP contribution in [0.4, 0.5) is 5.69 Å². The van der Waals surface area contributed by atoms with Gasteiger partial charge in [0.2, 0.25) is 0 Å². The van der Waals surface area contributed by atoms with Crippen molar-refractivity contribution in [2.75, 3.05) is 19.5 Å². The van der Waals surface area contributed by atoms with E-state index in [0.717, 1.165) is 8.95 Å². The van der Waals surface area contributed by atoms with Gasteiger partial charge in [-0.15, -0.1) is 0 Å². The van der Waals surface area contributed by atoms with E-state index in [-0.39, 0.29) is 11.0 Å². The fourth-order valence-corrected chi connectivity index (χ4v) is 4.15. The molecule has 0 aliphatic carbocycles. The molecular formula is C16H13Br3N2O3S. The molecule has 2 N–H and O–H groups in total. The van der Waals surface area contributed by atoms with Crippen LogP contribution in [0.2, 0.25) is 0 Å². The van der Waals surface area contributed by atoms with E-state index in [0.29, 0.717) is 27.2 Å².